The van der Waals surface area contributed by atoms with E-state index in [0.717, 1.165) is 26.0 Å². The maximum Gasteiger partial charge on any atom is 0.124 e. The highest BCUT2D eigenvalue weighted by molar-refractivity contribution is 9.10. The van der Waals surface area contributed by atoms with Crippen LogP contribution >= 0.6 is 27.5 Å². The SMILES string of the molecule is Fc1ccc(Cn2ccc3c(Cl)cccc32)c(Br)c1. The molecular weight excluding hydrogens is 329 g/mol. The van der Waals surface area contributed by atoms with Gasteiger partial charge in [-0.15, -0.1) is 0 Å². The topological polar surface area (TPSA) is 4.93 Å². The third-order valence-corrected chi connectivity index (χ3v) is 4.18. The lowest BCUT2D eigenvalue weighted by atomic mass is 10.2. The van der Waals surface area contributed by atoms with E-state index in [4.69, 9.17) is 11.6 Å². The standard InChI is InChI=1S/C15H10BrClFN/c16-13-8-11(18)5-4-10(13)9-19-7-6-12-14(17)2-1-3-15(12)19/h1-8H,9H2. The summed E-state index contributed by atoms with van der Waals surface area (Å²) in [7, 11) is 0. The first-order chi connectivity index (χ1) is 9.15. The number of halogens is 3. The average Bonchev–Trinajstić information content (AvgIpc) is 2.78. The van der Waals surface area contributed by atoms with Gasteiger partial charge in [-0.2, -0.15) is 0 Å². The number of fused-ring (bicyclic) bond motifs is 1. The zero-order valence-corrected chi connectivity index (χ0v) is 12.2. The van der Waals surface area contributed by atoms with Crippen LogP contribution in [0.4, 0.5) is 4.39 Å². The number of rotatable bonds is 2. The van der Waals surface area contributed by atoms with E-state index in [2.05, 4.69) is 20.5 Å². The van der Waals surface area contributed by atoms with Crippen LogP contribution in [0, 0.1) is 5.82 Å². The minimum absolute atomic E-state index is 0.240. The van der Waals surface area contributed by atoms with E-state index >= 15 is 0 Å². The molecule has 0 fully saturated rings. The molecule has 0 aliphatic rings. The summed E-state index contributed by atoms with van der Waals surface area (Å²) >= 11 is 9.55. The van der Waals surface area contributed by atoms with Crippen LogP contribution in [-0.2, 0) is 6.54 Å². The van der Waals surface area contributed by atoms with Crippen LogP contribution < -0.4 is 0 Å². The Hall–Kier alpha value is -1.32. The van der Waals surface area contributed by atoms with Gasteiger partial charge in [0.25, 0.3) is 0 Å². The molecule has 1 nitrogen and oxygen atoms in total. The van der Waals surface area contributed by atoms with Crippen molar-refractivity contribution in [3.8, 4) is 0 Å². The van der Waals surface area contributed by atoms with E-state index in [9.17, 15) is 4.39 Å². The Morgan fingerprint density at radius 1 is 1.16 bits per heavy atom. The summed E-state index contributed by atoms with van der Waals surface area (Å²) in [5.74, 6) is -0.240. The van der Waals surface area contributed by atoms with E-state index in [-0.39, 0.29) is 5.82 Å². The van der Waals surface area contributed by atoms with Crippen molar-refractivity contribution in [2.45, 2.75) is 6.54 Å². The van der Waals surface area contributed by atoms with Crippen LogP contribution in [0.15, 0.2) is 53.1 Å². The molecule has 0 spiro atoms. The second kappa shape index (κ2) is 4.99. The van der Waals surface area contributed by atoms with E-state index in [0.29, 0.717) is 6.54 Å². The van der Waals surface area contributed by atoms with Gasteiger partial charge in [0.1, 0.15) is 5.82 Å². The summed E-state index contributed by atoms with van der Waals surface area (Å²) < 4.78 is 15.9. The zero-order valence-electron chi connectivity index (χ0n) is 9.91. The summed E-state index contributed by atoms with van der Waals surface area (Å²) in [6, 6.07) is 12.6. The number of hydrogen-bond donors (Lipinski definition) is 0. The molecule has 3 rings (SSSR count). The molecule has 0 aliphatic heterocycles. The summed E-state index contributed by atoms with van der Waals surface area (Å²) in [6.45, 7) is 0.671. The first-order valence-electron chi connectivity index (χ1n) is 5.82. The molecular formula is C15H10BrClFN. The number of benzene rings is 2. The van der Waals surface area contributed by atoms with Gasteiger partial charge in [0.2, 0.25) is 0 Å². The van der Waals surface area contributed by atoms with Crippen molar-refractivity contribution in [2.75, 3.05) is 0 Å². The fourth-order valence-electron chi connectivity index (χ4n) is 2.16. The van der Waals surface area contributed by atoms with Gasteiger partial charge >= 0.3 is 0 Å². The predicted octanol–water partition coefficient (Wildman–Crippen LogP) is 5.24. The summed E-state index contributed by atoms with van der Waals surface area (Å²) in [6.07, 6.45) is 1.99. The monoisotopic (exact) mass is 337 g/mol. The maximum atomic E-state index is 13.1. The molecule has 1 aromatic heterocycles. The molecule has 3 aromatic rings. The van der Waals surface area contributed by atoms with E-state index in [1.165, 1.54) is 12.1 Å². The van der Waals surface area contributed by atoms with E-state index in [1.54, 1.807) is 6.07 Å². The van der Waals surface area contributed by atoms with Crippen molar-refractivity contribution in [2.24, 2.45) is 0 Å². The molecule has 0 unspecified atom stereocenters. The molecule has 0 amide bonds. The van der Waals surface area contributed by atoms with Crippen molar-refractivity contribution in [1.29, 1.82) is 0 Å². The van der Waals surface area contributed by atoms with Crippen molar-refractivity contribution in [1.82, 2.24) is 4.57 Å². The van der Waals surface area contributed by atoms with Gasteiger partial charge in [-0.25, -0.2) is 4.39 Å². The van der Waals surface area contributed by atoms with Crippen LogP contribution in [0.25, 0.3) is 10.9 Å². The van der Waals surface area contributed by atoms with Gasteiger partial charge in [-0.05, 0) is 35.9 Å². The van der Waals surface area contributed by atoms with Crippen molar-refractivity contribution in [3.05, 3.63) is 69.5 Å². The molecule has 19 heavy (non-hydrogen) atoms. The van der Waals surface area contributed by atoms with Crippen LogP contribution in [-0.4, -0.2) is 4.57 Å². The Labute approximate surface area is 123 Å². The molecule has 96 valence electrons. The highest BCUT2D eigenvalue weighted by atomic mass is 79.9. The highest BCUT2D eigenvalue weighted by Gasteiger charge is 2.07. The number of hydrogen-bond acceptors (Lipinski definition) is 0. The van der Waals surface area contributed by atoms with Crippen molar-refractivity contribution < 1.29 is 4.39 Å². The molecule has 0 bridgehead atoms. The highest BCUT2D eigenvalue weighted by Crippen LogP contribution is 2.26. The lowest BCUT2D eigenvalue weighted by molar-refractivity contribution is 0.625. The normalized spacial score (nSPS) is 11.1. The fourth-order valence-corrected chi connectivity index (χ4v) is 2.87. The molecule has 4 heteroatoms. The molecule has 0 N–H and O–H groups in total. The third-order valence-electron chi connectivity index (χ3n) is 3.12. The quantitative estimate of drug-likeness (QED) is 0.602. The molecule has 0 saturated heterocycles. The Morgan fingerprint density at radius 3 is 2.79 bits per heavy atom. The fraction of sp³-hybridized carbons (Fsp3) is 0.0667. The first kappa shape index (κ1) is 12.7. The Balaban J connectivity index is 2.04. The zero-order chi connectivity index (χ0) is 13.4. The first-order valence-corrected chi connectivity index (χ1v) is 6.99. The number of nitrogens with zero attached hydrogens (tertiary/aromatic N) is 1. The molecule has 1 heterocycles. The summed E-state index contributed by atoms with van der Waals surface area (Å²) in [4.78, 5) is 0. The average molecular weight is 339 g/mol. The maximum absolute atomic E-state index is 13.1. The third kappa shape index (κ3) is 2.40. The molecule has 0 atom stereocenters. The largest absolute Gasteiger partial charge is 0.343 e. The van der Waals surface area contributed by atoms with Gasteiger partial charge in [0.15, 0.2) is 0 Å². The number of aromatic nitrogens is 1. The van der Waals surface area contributed by atoms with Gasteiger partial charge < -0.3 is 4.57 Å². The van der Waals surface area contributed by atoms with Crippen molar-refractivity contribution >= 4 is 38.4 Å². The van der Waals surface area contributed by atoms with Gasteiger partial charge in [-0.3, -0.25) is 0 Å². The molecule has 0 aliphatic carbocycles. The predicted molar refractivity (Wildman–Crippen MR) is 80.2 cm³/mol. The minimum atomic E-state index is -0.240. The van der Waals surface area contributed by atoms with E-state index in [1.807, 2.05) is 30.5 Å². The van der Waals surface area contributed by atoms with Gasteiger partial charge in [0.05, 0.1) is 0 Å². The second-order valence-electron chi connectivity index (χ2n) is 4.35. The lowest BCUT2D eigenvalue weighted by Crippen LogP contribution is -1.99. The smallest absolute Gasteiger partial charge is 0.124 e. The Bertz CT molecular complexity index is 751. The molecule has 2 aromatic carbocycles. The summed E-state index contributed by atoms with van der Waals surface area (Å²) in [5, 5.41) is 1.77. The summed E-state index contributed by atoms with van der Waals surface area (Å²) in [5.41, 5.74) is 2.10. The Morgan fingerprint density at radius 2 is 2.00 bits per heavy atom. The lowest BCUT2D eigenvalue weighted by Gasteiger charge is -2.08. The van der Waals surface area contributed by atoms with Crippen LogP contribution in [0.1, 0.15) is 5.56 Å². The van der Waals surface area contributed by atoms with Gasteiger partial charge in [0, 0.05) is 33.1 Å². The molecule has 0 saturated carbocycles. The second-order valence-corrected chi connectivity index (χ2v) is 5.61. The van der Waals surface area contributed by atoms with Crippen LogP contribution in [0.3, 0.4) is 0 Å². The van der Waals surface area contributed by atoms with Crippen LogP contribution in [0.2, 0.25) is 5.02 Å². The Kier molecular flexibility index (Phi) is 3.33. The van der Waals surface area contributed by atoms with Gasteiger partial charge in [-0.1, -0.05) is 39.7 Å². The van der Waals surface area contributed by atoms with E-state index < -0.39 is 0 Å². The van der Waals surface area contributed by atoms with Crippen LogP contribution in [0.5, 0.6) is 0 Å². The molecule has 0 radical (unpaired) electrons. The minimum Gasteiger partial charge on any atom is -0.343 e. The van der Waals surface area contributed by atoms with Crippen molar-refractivity contribution in [3.63, 3.8) is 0 Å².